The zero-order chi connectivity index (χ0) is 13.3. The van der Waals surface area contributed by atoms with Gasteiger partial charge in [0, 0.05) is 19.4 Å². The van der Waals surface area contributed by atoms with Gasteiger partial charge in [0.15, 0.2) is 10.2 Å². The van der Waals surface area contributed by atoms with Crippen molar-refractivity contribution in [2.45, 2.75) is 11.9 Å². The Labute approximate surface area is 110 Å². The maximum atomic E-state index is 12.0. The highest BCUT2D eigenvalue weighted by atomic mass is 35.5. The van der Waals surface area contributed by atoms with Crippen molar-refractivity contribution in [3.63, 3.8) is 0 Å². The number of halogens is 1. The fourth-order valence-electron chi connectivity index (χ4n) is 1.35. The highest BCUT2D eigenvalue weighted by molar-refractivity contribution is 7.92. The number of imidazole rings is 1. The smallest absolute Gasteiger partial charge is 0.281 e. The van der Waals surface area contributed by atoms with Crippen LogP contribution in [0, 0.1) is 6.92 Å². The third kappa shape index (κ3) is 2.62. The summed E-state index contributed by atoms with van der Waals surface area (Å²) in [5, 5.41) is 0.0303. The van der Waals surface area contributed by atoms with Crippen molar-refractivity contribution in [2.75, 3.05) is 4.72 Å². The predicted molar refractivity (Wildman–Crippen MR) is 68.0 cm³/mol. The summed E-state index contributed by atoms with van der Waals surface area (Å²) < 4.78 is 27.9. The molecular formula is C10H11ClN4O2S. The van der Waals surface area contributed by atoms with Gasteiger partial charge in [-0.3, -0.25) is 4.72 Å². The maximum absolute atomic E-state index is 12.0. The molecule has 0 aliphatic rings. The Kier molecular flexibility index (Phi) is 3.27. The molecule has 0 bridgehead atoms. The lowest BCUT2D eigenvalue weighted by Gasteiger charge is -2.07. The minimum absolute atomic E-state index is 0.0671. The van der Waals surface area contributed by atoms with E-state index in [0.717, 1.165) is 5.56 Å². The second kappa shape index (κ2) is 4.58. The molecule has 2 rings (SSSR count). The Bertz CT molecular complexity index is 681. The second-order valence-electron chi connectivity index (χ2n) is 3.83. The van der Waals surface area contributed by atoms with Gasteiger partial charge in [0.1, 0.15) is 0 Å². The van der Waals surface area contributed by atoms with Crippen molar-refractivity contribution in [2.24, 2.45) is 7.05 Å². The van der Waals surface area contributed by atoms with E-state index in [0.29, 0.717) is 0 Å². The topological polar surface area (TPSA) is 76.9 Å². The van der Waals surface area contributed by atoms with Crippen LogP contribution < -0.4 is 4.72 Å². The average Bonchev–Trinajstić information content (AvgIpc) is 2.71. The van der Waals surface area contributed by atoms with Gasteiger partial charge < -0.3 is 4.57 Å². The standard InChI is InChI=1S/C10H11ClN4O2S/c1-7-3-8(10(11)12-4-7)14-18(16,17)9-5-15(2)6-13-9/h3-6,14H,1-2H3. The molecule has 1 N–H and O–H groups in total. The highest BCUT2D eigenvalue weighted by Gasteiger charge is 2.18. The van der Waals surface area contributed by atoms with Gasteiger partial charge >= 0.3 is 0 Å². The molecule has 0 spiro atoms. The number of hydrogen-bond donors (Lipinski definition) is 1. The Hall–Kier alpha value is -1.60. The number of aromatic nitrogens is 3. The summed E-state index contributed by atoms with van der Waals surface area (Å²) in [5.74, 6) is 0. The van der Waals surface area contributed by atoms with Gasteiger partial charge in [-0.2, -0.15) is 8.42 Å². The van der Waals surface area contributed by atoms with Crippen LogP contribution in [0.4, 0.5) is 5.69 Å². The van der Waals surface area contributed by atoms with E-state index >= 15 is 0 Å². The molecule has 6 nitrogen and oxygen atoms in total. The summed E-state index contributed by atoms with van der Waals surface area (Å²) in [6.07, 6.45) is 4.37. The van der Waals surface area contributed by atoms with Crippen LogP contribution in [0.15, 0.2) is 29.8 Å². The fourth-order valence-corrected chi connectivity index (χ4v) is 2.60. The minimum atomic E-state index is -3.74. The molecule has 0 amide bonds. The van der Waals surface area contributed by atoms with E-state index in [9.17, 15) is 8.42 Å². The summed E-state index contributed by atoms with van der Waals surface area (Å²) in [4.78, 5) is 7.66. The zero-order valence-corrected chi connectivity index (χ0v) is 11.3. The molecule has 0 aliphatic carbocycles. The fraction of sp³-hybridized carbons (Fsp3) is 0.200. The predicted octanol–water partition coefficient (Wildman–Crippen LogP) is 1.58. The Balaban J connectivity index is 2.36. The number of aryl methyl sites for hydroxylation is 2. The van der Waals surface area contributed by atoms with Gasteiger partial charge in [-0.15, -0.1) is 0 Å². The summed E-state index contributed by atoms with van der Waals surface area (Å²) in [7, 11) is -2.05. The molecule has 0 radical (unpaired) electrons. The molecule has 0 unspecified atom stereocenters. The van der Waals surface area contributed by atoms with Gasteiger partial charge in [0.2, 0.25) is 0 Å². The summed E-state index contributed by atoms with van der Waals surface area (Å²) in [6, 6.07) is 1.61. The number of sulfonamides is 1. The first kappa shape index (κ1) is 12.8. The Morgan fingerprint density at radius 2 is 2.11 bits per heavy atom. The lowest BCUT2D eigenvalue weighted by Crippen LogP contribution is -2.14. The van der Waals surface area contributed by atoms with E-state index in [1.807, 2.05) is 0 Å². The van der Waals surface area contributed by atoms with Crippen LogP contribution in [-0.4, -0.2) is 23.0 Å². The van der Waals surface area contributed by atoms with Crippen LogP contribution >= 0.6 is 11.6 Å². The van der Waals surface area contributed by atoms with E-state index in [1.54, 1.807) is 30.8 Å². The first-order chi connectivity index (χ1) is 8.38. The van der Waals surface area contributed by atoms with Crippen LogP contribution in [0.5, 0.6) is 0 Å². The first-order valence-corrected chi connectivity index (χ1v) is 6.87. The van der Waals surface area contributed by atoms with Crippen molar-refractivity contribution < 1.29 is 8.42 Å². The van der Waals surface area contributed by atoms with Crippen LogP contribution in [0.2, 0.25) is 5.15 Å². The van der Waals surface area contributed by atoms with Gasteiger partial charge in [0.05, 0.1) is 12.0 Å². The van der Waals surface area contributed by atoms with Gasteiger partial charge in [-0.25, -0.2) is 9.97 Å². The van der Waals surface area contributed by atoms with Crippen molar-refractivity contribution in [3.05, 3.63) is 35.5 Å². The van der Waals surface area contributed by atoms with Gasteiger partial charge in [-0.1, -0.05) is 11.6 Å². The molecule has 0 fully saturated rings. The number of rotatable bonds is 3. The van der Waals surface area contributed by atoms with E-state index in [1.165, 1.54) is 12.5 Å². The lowest BCUT2D eigenvalue weighted by molar-refractivity contribution is 0.598. The number of nitrogens with zero attached hydrogens (tertiary/aromatic N) is 3. The second-order valence-corrected chi connectivity index (χ2v) is 5.82. The molecule has 96 valence electrons. The van der Waals surface area contributed by atoms with Crippen LogP contribution in [0.25, 0.3) is 0 Å². The maximum Gasteiger partial charge on any atom is 0.281 e. The lowest BCUT2D eigenvalue weighted by atomic mass is 10.3. The Morgan fingerprint density at radius 3 is 2.72 bits per heavy atom. The summed E-state index contributed by atoms with van der Waals surface area (Å²) in [5.41, 5.74) is 1.04. The number of nitrogens with one attached hydrogen (secondary N) is 1. The number of anilines is 1. The summed E-state index contributed by atoms with van der Waals surface area (Å²) in [6.45, 7) is 1.79. The van der Waals surface area contributed by atoms with E-state index < -0.39 is 10.0 Å². The quantitative estimate of drug-likeness (QED) is 0.869. The van der Waals surface area contributed by atoms with Crippen LogP contribution in [0.3, 0.4) is 0 Å². The largest absolute Gasteiger partial charge is 0.339 e. The number of pyridine rings is 1. The summed E-state index contributed by atoms with van der Waals surface area (Å²) >= 11 is 5.83. The van der Waals surface area contributed by atoms with E-state index in [4.69, 9.17) is 11.6 Å². The molecular weight excluding hydrogens is 276 g/mol. The van der Waals surface area contributed by atoms with Gasteiger partial charge in [-0.05, 0) is 18.6 Å². The molecule has 18 heavy (non-hydrogen) atoms. The molecule has 0 aromatic carbocycles. The molecule has 0 saturated heterocycles. The molecule has 2 heterocycles. The van der Waals surface area contributed by atoms with Crippen molar-refractivity contribution in [1.82, 2.24) is 14.5 Å². The number of hydrogen-bond acceptors (Lipinski definition) is 4. The normalized spacial score (nSPS) is 11.5. The third-order valence-electron chi connectivity index (χ3n) is 2.18. The minimum Gasteiger partial charge on any atom is -0.339 e. The molecule has 2 aromatic heterocycles. The SMILES string of the molecule is Cc1cnc(Cl)c(NS(=O)(=O)c2cn(C)cn2)c1. The molecule has 0 atom stereocenters. The van der Waals surface area contributed by atoms with Crippen LogP contribution in [-0.2, 0) is 17.1 Å². The van der Waals surface area contributed by atoms with Crippen molar-refractivity contribution in [1.29, 1.82) is 0 Å². The van der Waals surface area contributed by atoms with Crippen molar-refractivity contribution >= 4 is 27.3 Å². The highest BCUT2D eigenvalue weighted by Crippen LogP contribution is 2.22. The molecule has 0 aliphatic heterocycles. The van der Waals surface area contributed by atoms with Gasteiger partial charge in [0.25, 0.3) is 10.0 Å². The monoisotopic (exact) mass is 286 g/mol. The van der Waals surface area contributed by atoms with E-state index in [-0.39, 0.29) is 15.9 Å². The van der Waals surface area contributed by atoms with E-state index in [2.05, 4.69) is 14.7 Å². The third-order valence-corrected chi connectivity index (χ3v) is 3.73. The average molecular weight is 287 g/mol. The molecule has 2 aromatic rings. The molecule has 0 saturated carbocycles. The first-order valence-electron chi connectivity index (χ1n) is 5.01. The Morgan fingerprint density at radius 1 is 1.39 bits per heavy atom. The van der Waals surface area contributed by atoms with Crippen molar-refractivity contribution in [3.8, 4) is 0 Å². The zero-order valence-electron chi connectivity index (χ0n) is 9.75. The van der Waals surface area contributed by atoms with Crippen LogP contribution in [0.1, 0.15) is 5.56 Å². The molecule has 8 heteroatoms.